The highest BCUT2D eigenvalue weighted by molar-refractivity contribution is 7.89. The number of hydrogen-bond acceptors (Lipinski definition) is 4. The van der Waals surface area contributed by atoms with E-state index >= 15 is 0 Å². The Balaban J connectivity index is 0.00000264. The first kappa shape index (κ1) is 19.9. The summed E-state index contributed by atoms with van der Waals surface area (Å²) in [5, 5.41) is 11.3. The van der Waals surface area contributed by atoms with Crippen molar-refractivity contribution in [2.75, 3.05) is 13.1 Å². The molecule has 8 heteroatoms. The van der Waals surface area contributed by atoms with Gasteiger partial charge in [-0.25, -0.2) is 13.6 Å². The van der Waals surface area contributed by atoms with Crippen molar-refractivity contribution in [3.05, 3.63) is 29.8 Å². The van der Waals surface area contributed by atoms with Gasteiger partial charge in [-0.15, -0.1) is 12.4 Å². The molecule has 1 aromatic rings. The minimum absolute atomic E-state index is 0. The van der Waals surface area contributed by atoms with Gasteiger partial charge < -0.3 is 10.6 Å². The first-order chi connectivity index (χ1) is 10.2. The van der Waals surface area contributed by atoms with E-state index < -0.39 is 15.4 Å². The van der Waals surface area contributed by atoms with Gasteiger partial charge >= 0.3 is 0 Å². The van der Waals surface area contributed by atoms with Crippen LogP contribution in [-0.2, 0) is 14.8 Å². The molecule has 2 atom stereocenters. The van der Waals surface area contributed by atoms with E-state index in [-0.39, 0.29) is 29.3 Å². The molecule has 0 saturated carbocycles. The number of piperidine rings is 1. The van der Waals surface area contributed by atoms with Crippen LogP contribution in [0.5, 0.6) is 0 Å². The van der Waals surface area contributed by atoms with Gasteiger partial charge in [0, 0.05) is 6.54 Å². The SMILES string of the molecule is CC(NC(=O)C1(C)CCCNC1)c1ccc(S(N)(=O)=O)cc1.Cl. The monoisotopic (exact) mass is 361 g/mol. The largest absolute Gasteiger partial charge is 0.349 e. The average molecular weight is 362 g/mol. The third-order valence-corrected chi connectivity index (χ3v) is 5.13. The molecule has 1 saturated heterocycles. The summed E-state index contributed by atoms with van der Waals surface area (Å²) in [6.45, 7) is 5.47. The van der Waals surface area contributed by atoms with Crippen LogP contribution in [-0.4, -0.2) is 27.4 Å². The summed E-state index contributed by atoms with van der Waals surface area (Å²) in [5.41, 5.74) is 0.445. The average Bonchev–Trinajstić information content (AvgIpc) is 2.47. The Kier molecular flexibility index (Phi) is 6.59. The fraction of sp³-hybridized carbons (Fsp3) is 0.533. The first-order valence-electron chi connectivity index (χ1n) is 7.37. The van der Waals surface area contributed by atoms with E-state index in [2.05, 4.69) is 10.6 Å². The molecule has 0 aromatic heterocycles. The smallest absolute Gasteiger partial charge is 0.238 e. The minimum atomic E-state index is -3.69. The predicted molar refractivity (Wildman–Crippen MR) is 91.8 cm³/mol. The lowest BCUT2D eigenvalue weighted by atomic mass is 9.81. The quantitative estimate of drug-likeness (QED) is 0.752. The summed E-state index contributed by atoms with van der Waals surface area (Å²) in [6.07, 6.45) is 1.85. The fourth-order valence-electron chi connectivity index (χ4n) is 2.65. The van der Waals surface area contributed by atoms with Gasteiger partial charge in [0.25, 0.3) is 0 Å². The second-order valence-electron chi connectivity index (χ2n) is 6.15. The number of carbonyl (C=O) groups is 1. The van der Waals surface area contributed by atoms with Crippen LogP contribution in [0.15, 0.2) is 29.2 Å². The highest BCUT2D eigenvalue weighted by Gasteiger charge is 2.35. The molecule has 6 nitrogen and oxygen atoms in total. The maximum Gasteiger partial charge on any atom is 0.238 e. The minimum Gasteiger partial charge on any atom is -0.349 e. The van der Waals surface area contributed by atoms with Crippen LogP contribution in [0.2, 0.25) is 0 Å². The van der Waals surface area contributed by atoms with Crippen molar-refractivity contribution in [2.24, 2.45) is 10.6 Å². The van der Waals surface area contributed by atoms with E-state index in [0.717, 1.165) is 24.9 Å². The molecule has 1 aliphatic rings. The second-order valence-corrected chi connectivity index (χ2v) is 7.71. The number of sulfonamides is 1. The van der Waals surface area contributed by atoms with Gasteiger partial charge in [-0.2, -0.15) is 0 Å². The zero-order valence-electron chi connectivity index (χ0n) is 13.3. The molecule has 1 aliphatic heterocycles. The summed E-state index contributed by atoms with van der Waals surface area (Å²) in [7, 11) is -3.69. The predicted octanol–water partition coefficient (Wildman–Crippen LogP) is 1.32. The van der Waals surface area contributed by atoms with Crippen molar-refractivity contribution in [2.45, 2.75) is 37.6 Å². The molecule has 1 fully saturated rings. The Bertz CT molecular complexity index is 640. The molecule has 4 N–H and O–H groups in total. The zero-order valence-corrected chi connectivity index (χ0v) is 15.0. The molecule has 1 amide bonds. The Hall–Kier alpha value is -1.15. The Morgan fingerprint density at radius 1 is 1.35 bits per heavy atom. The molecule has 23 heavy (non-hydrogen) atoms. The van der Waals surface area contributed by atoms with Crippen LogP contribution in [0, 0.1) is 5.41 Å². The number of hydrogen-bond donors (Lipinski definition) is 3. The molecule has 0 bridgehead atoms. The van der Waals surface area contributed by atoms with Crippen molar-refractivity contribution >= 4 is 28.3 Å². The molecular formula is C15H24ClN3O3S. The van der Waals surface area contributed by atoms with Gasteiger partial charge in [-0.05, 0) is 50.9 Å². The molecule has 0 radical (unpaired) electrons. The van der Waals surface area contributed by atoms with Gasteiger partial charge in [0.05, 0.1) is 16.4 Å². The summed E-state index contributed by atoms with van der Waals surface area (Å²) < 4.78 is 22.5. The normalized spacial score (nSPS) is 22.7. The van der Waals surface area contributed by atoms with Crippen molar-refractivity contribution in [3.63, 3.8) is 0 Å². The lowest BCUT2D eigenvalue weighted by Gasteiger charge is -2.33. The highest BCUT2D eigenvalue weighted by Crippen LogP contribution is 2.27. The lowest BCUT2D eigenvalue weighted by molar-refractivity contribution is -0.131. The van der Waals surface area contributed by atoms with Crippen LogP contribution in [0.25, 0.3) is 0 Å². The summed E-state index contributed by atoms with van der Waals surface area (Å²) in [6, 6.07) is 6.06. The molecule has 1 aromatic carbocycles. The molecule has 1 heterocycles. The standard InChI is InChI=1S/C15H23N3O3S.ClH/c1-11(12-4-6-13(7-5-12)22(16,20)21)18-14(19)15(2)8-3-9-17-10-15;/h4-7,11,17H,3,8-10H2,1-2H3,(H,18,19)(H2,16,20,21);1H. The van der Waals surface area contributed by atoms with Crippen LogP contribution in [0.3, 0.4) is 0 Å². The third-order valence-electron chi connectivity index (χ3n) is 4.20. The number of primary sulfonamides is 1. The Labute approximate surface area is 143 Å². The topological polar surface area (TPSA) is 101 Å². The summed E-state index contributed by atoms with van der Waals surface area (Å²) in [4.78, 5) is 12.5. The number of amides is 1. The molecule has 0 spiro atoms. The van der Waals surface area contributed by atoms with Crippen molar-refractivity contribution < 1.29 is 13.2 Å². The van der Waals surface area contributed by atoms with E-state index in [0.29, 0.717) is 6.54 Å². The Morgan fingerprint density at radius 3 is 2.43 bits per heavy atom. The van der Waals surface area contributed by atoms with E-state index in [1.807, 2.05) is 13.8 Å². The van der Waals surface area contributed by atoms with Gasteiger partial charge in [0.2, 0.25) is 15.9 Å². The van der Waals surface area contributed by atoms with E-state index in [4.69, 9.17) is 5.14 Å². The zero-order chi connectivity index (χ0) is 16.4. The first-order valence-corrected chi connectivity index (χ1v) is 8.91. The van der Waals surface area contributed by atoms with Crippen molar-refractivity contribution in [1.82, 2.24) is 10.6 Å². The van der Waals surface area contributed by atoms with E-state index in [9.17, 15) is 13.2 Å². The van der Waals surface area contributed by atoms with Crippen LogP contribution in [0.1, 0.15) is 38.3 Å². The maximum absolute atomic E-state index is 12.5. The number of carbonyl (C=O) groups excluding carboxylic acids is 1. The van der Waals surface area contributed by atoms with E-state index in [1.165, 1.54) is 12.1 Å². The maximum atomic E-state index is 12.5. The van der Waals surface area contributed by atoms with E-state index in [1.54, 1.807) is 12.1 Å². The molecular weight excluding hydrogens is 338 g/mol. The second kappa shape index (κ2) is 7.61. The molecule has 2 unspecified atom stereocenters. The lowest BCUT2D eigenvalue weighted by Crippen LogP contribution is -2.49. The van der Waals surface area contributed by atoms with Gasteiger partial charge in [-0.3, -0.25) is 4.79 Å². The summed E-state index contributed by atoms with van der Waals surface area (Å²) >= 11 is 0. The number of nitrogens with two attached hydrogens (primary N) is 1. The van der Waals surface area contributed by atoms with Crippen molar-refractivity contribution in [3.8, 4) is 0 Å². The van der Waals surface area contributed by atoms with Crippen LogP contribution < -0.4 is 15.8 Å². The third kappa shape index (κ3) is 4.91. The highest BCUT2D eigenvalue weighted by atomic mass is 35.5. The van der Waals surface area contributed by atoms with Gasteiger partial charge in [0.15, 0.2) is 0 Å². The molecule has 0 aliphatic carbocycles. The number of rotatable bonds is 4. The fourth-order valence-corrected chi connectivity index (χ4v) is 3.17. The van der Waals surface area contributed by atoms with Gasteiger partial charge in [0.1, 0.15) is 0 Å². The van der Waals surface area contributed by atoms with Gasteiger partial charge in [-0.1, -0.05) is 12.1 Å². The van der Waals surface area contributed by atoms with Crippen molar-refractivity contribution in [1.29, 1.82) is 0 Å². The van der Waals surface area contributed by atoms with Crippen LogP contribution in [0.4, 0.5) is 0 Å². The number of benzene rings is 1. The van der Waals surface area contributed by atoms with Crippen LogP contribution >= 0.6 is 12.4 Å². The molecule has 130 valence electrons. The number of halogens is 1. The summed E-state index contributed by atoms with van der Waals surface area (Å²) in [5.74, 6) is 0.0164. The Morgan fingerprint density at radius 2 is 1.96 bits per heavy atom. The molecule has 2 rings (SSSR count). The number of nitrogens with one attached hydrogen (secondary N) is 2.